The minimum absolute atomic E-state index is 0.120. The lowest BCUT2D eigenvalue weighted by atomic mass is 10.1. The number of carbonyl (C=O) groups is 3. The Labute approximate surface area is 166 Å². The molecule has 0 fully saturated rings. The van der Waals surface area contributed by atoms with Gasteiger partial charge >= 0.3 is 12.1 Å². The van der Waals surface area contributed by atoms with Crippen LogP contribution in [0.4, 0.5) is 9.18 Å². The van der Waals surface area contributed by atoms with Crippen molar-refractivity contribution >= 4 is 23.6 Å². The van der Waals surface area contributed by atoms with E-state index in [9.17, 15) is 23.9 Å². The Kier molecular flexibility index (Phi) is 6.53. The van der Waals surface area contributed by atoms with Gasteiger partial charge in [-0.25, -0.2) is 23.5 Å². The Morgan fingerprint density at radius 3 is 2.38 bits per heavy atom. The van der Waals surface area contributed by atoms with Gasteiger partial charge in [-0.05, 0) is 38.5 Å². The van der Waals surface area contributed by atoms with Gasteiger partial charge in [0, 0.05) is 18.7 Å². The number of benzene rings is 1. The molecule has 0 radical (unpaired) electrons. The van der Waals surface area contributed by atoms with Crippen LogP contribution in [0.3, 0.4) is 0 Å². The Hall–Kier alpha value is -3.49. The molecule has 0 spiro atoms. The quantitative estimate of drug-likeness (QED) is 0.353. The highest BCUT2D eigenvalue weighted by molar-refractivity contribution is 6.39. The molecule has 2 aromatic rings. The first-order chi connectivity index (χ1) is 13.5. The number of nitrogens with zero attached hydrogens (tertiary/aromatic N) is 2. The maximum atomic E-state index is 13.1. The molecule has 0 aliphatic carbocycles. The van der Waals surface area contributed by atoms with Crippen molar-refractivity contribution in [3.63, 3.8) is 0 Å². The number of aliphatic hydroxyl groups is 1. The molecule has 1 aromatic carbocycles. The standard InChI is InChI=1S/C20H21FN2O6/c1-20(2,3)29-19(27)23-11-14(15(24)10-16(25)18(26)28-4)22-17(23)9-12-5-7-13(21)8-6-12/h5-8,10-11,24H,9H2,1-4H3/b15-10-. The second-order valence-corrected chi connectivity index (χ2v) is 7.08. The number of aliphatic hydroxyl groups excluding tert-OH is 1. The molecule has 0 aliphatic heterocycles. The third-order valence-corrected chi connectivity index (χ3v) is 3.56. The number of imidazole rings is 1. The molecule has 154 valence electrons. The van der Waals surface area contributed by atoms with E-state index in [0.29, 0.717) is 11.6 Å². The van der Waals surface area contributed by atoms with Gasteiger partial charge in [-0.2, -0.15) is 0 Å². The summed E-state index contributed by atoms with van der Waals surface area (Å²) in [4.78, 5) is 39.5. The Morgan fingerprint density at radius 2 is 1.83 bits per heavy atom. The highest BCUT2D eigenvalue weighted by Crippen LogP contribution is 2.18. The van der Waals surface area contributed by atoms with Crippen molar-refractivity contribution in [3.05, 3.63) is 59.4 Å². The third kappa shape index (κ3) is 6.00. The van der Waals surface area contributed by atoms with Gasteiger partial charge in [-0.15, -0.1) is 0 Å². The molecule has 0 saturated carbocycles. The molecule has 9 heteroatoms. The molecule has 1 aromatic heterocycles. The zero-order valence-corrected chi connectivity index (χ0v) is 16.4. The molecule has 0 unspecified atom stereocenters. The van der Waals surface area contributed by atoms with E-state index in [1.165, 1.54) is 30.5 Å². The van der Waals surface area contributed by atoms with Gasteiger partial charge in [0.1, 0.15) is 28.7 Å². The SMILES string of the molecule is COC(=O)C(=O)/C=C(\O)c1cn(C(=O)OC(C)(C)C)c(Cc2ccc(F)cc2)n1. The fourth-order valence-corrected chi connectivity index (χ4v) is 2.28. The monoisotopic (exact) mass is 404 g/mol. The van der Waals surface area contributed by atoms with Gasteiger partial charge < -0.3 is 14.6 Å². The fourth-order valence-electron chi connectivity index (χ4n) is 2.28. The van der Waals surface area contributed by atoms with E-state index in [2.05, 4.69) is 9.72 Å². The molecule has 29 heavy (non-hydrogen) atoms. The number of hydrogen-bond acceptors (Lipinski definition) is 7. The molecule has 0 amide bonds. The third-order valence-electron chi connectivity index (χ3n) is 3.56. The van der Waals surface area contributed by atoms with Gasteiger partial charge in [0.15, 0.2) is 0 Å². The maximum absolute atomic E-state index is 13.1. The van der Waals surface area contributed by atoms with E-state index < -0.39 is 35.0 Å². The van der Waals surface area contributed by atoms with E-state index in [4.69, 9.17) is 4.74 Å². The summed E-state index contributed by atoms with van der Waals surface area (Å²) in [6.07, 6.45) is 1.21. The number of hydrogen-bond donors (Lipinski definition) is 1. The van der Waals surface area contributed by atoms with Crippen LogP contribution in [0, 0.1) is 5.82 Å². The molecular weight excluding hydrogens is 383 g/mol. The molecule has 8 nitrogen and oxygen atoms in total. The molecule has 1 N–H and O–H groups in total. The second kappa shape index (κ2) is 8.68. The lowest BCUT2D eigenvalue weighted by molar-refractivity contribution is -0.149. The van der Waals surface area contributed by atoms with Crippen LogP contribution in [0.1, 0.15) is 37.9 Å². The highest BCUT2D eigenvalue weighted by Gasteiger charge is 2.23. The number of halogens is 1. The van der Waals surface area contributed by atoms with Crippen molar-refractivity contribution < 1.29 is 33.4 Å². The number of carbonyl (C=O) groups excluding carboxylic acids is 3. The van der Waals surface area contributed by atoms with E-state index in [1.54, 1.807) is 20.8 Å². The maximum Gasteiger partial charge on any atom is 0.420 e. The summed E-state index contributed by atoms with van der Waals surface area (Å²) in [7, 11) is 1.03. The number of ether oxygens (including phenoxy) is 2. The normalized spacial score (nSPS) is 11.8. The van der Waals surface area contributed by atoms with Gasteiger partial charge in [0.25, 0.3) is 5.78 Å². The topological polar surface area (TPSA) is 108 Å². The second-order valence-electron chi connectivity index (χ2n) is 7.08. The Bertz CT molecular complexity index is 954. The molecule has 0 saturated heterocycles. The average Bonchev–Trinajstić information content (AvgIpc) is 3.05. The van der Waals surface area contributed by atoms with Crippen LogP contribution in [-0.2, 0) is 25.5 Å². The molecular formula is C20H21FN2O6. The number of methoxy groups -OCH3 is 1. The number of rotatable bonds is 5. The van der Waals surface area contributed by atoms with Crippen molar-refractivity contribution in [1.29, 1.82) is 0 Å². The summed E-state index contributed by atoms with van der Waals surface area (Å²) in [6, 6.07) is 5.59. The van der Waals surface area contributed by atoms with E-state index in [0.717, 1.165) is 11.7 Å². The lowest BCUT2D eigenvalue weighted by Crippen LogP contribution is -2.27. The summed E-state index contributed by atoms with van der Waals surface area (Å²) in [6.45, 7) is 5.07. The van der Waals surface area contributed by atoms with Crippen LogP contribution in [0.2, 0.25) is 0 Å². The van der Waals surface area contributed by atoms with Crippen LogP contribution in [-0.4, -0.2) is 45.2 Å². The van der Waals surface area contributed by atoms with Crippen molar-refractivity contribution in [2.45, 2.75) is 32.8 Å². The van der Waals surface area contributed by atoms with Crippen molar-refractivity contribution in [1.82, 2.24) is 9.55 Å². The average molecular weight is 404 g/mol. The minimum Gasteiger partial charge on any atom is -0.505 e. The molecule has 1 heterocycles. The molecule has 2 rings (SSSR count). The lowest BCUT2D eigenvalue weighted by Gasteiger charge is -2.20. The van der Waals surface area contributed by atoms with E-state index in [1.807, 2.05) is 0 Å². The first kappa shape index (κ1) is 21.8. The van der Waals surface area contributed by atoms with Gasteiger partial charge in [0.2, 0.25) is 0 Å². The first-order valence-electron chi connectivity index (χ1n) is 8.59. The van der Waals surface area contributed by atoms with Crippen LogP contribution in [0.25, 0.3) is 5.76 Å². The van der Waals surface area contributed by atoms with E-state index in [-0.39, 0.29) is 17.9 Å². The number of esters is 1. The zero-order chi connectivity index (χ0) is 21.8. The van der Waals surface area contributed by atoms with Crippen LogP contribution < -0.4 is 0 Å². The summed E-state index contributed by atoms with van der Waals surface area (Å²) in [5.41, 5.74) is -0.249. The smallest absolute Gasteiger partial charge is 0.420 e. The molecule has 0 bridgehead atoms. The van der Waals surface area contributed by atoms with Crippen molar-refractivity contribution in [2.75, 3.05) is 7.11 Å². The predicted molar refractivity (Wildman–Crippen MR) is 101 cm³/mol. The summed E-state index contributed by atoms with van der Waals surface area (Å²) >= 11 is 0. The number of ketones is 1. The van der Waals surface area contributed by atoms with Crippen LogP contribution in [0.5, 0.6) is 0 Å². The summed E-state index contributed by atoms with van der Waals surface area (Å²) in [5, 5.41) is 10.1. The van der Waals surface area contributed by atoms with Crippen LogP contribution in [0.15, 0.2) is 36.5 Å². The van der Waals surface area contributed by atoms with Gasteiger partial charge in [-0.3, -0.25) is 4.79 Å². The summed E-state index contributed by atoms with van der Waals surface area (Å²) in [5.74, 6) is -3.09. The zero-order valence-electron chi connectivity index (χ0n) is 16.4. The number of aromatic nitrogens is 2. The Morgan fingerprint density at radius 1 is 1.21 bits per heavy atom. The summed E-state index contributed by atoms with van der Waals surface area (Å²) < 4.78 is 23.8. The van der Waals surface area contributed by atoms with Gasteiger partial charge in [0.05, 0.1) is 7.11 Å². The minimum atomic E-state index is -1.16. The van der Waals surface area contributed by atoms with Crippen molar-refractivity contribution in [2.24, 2.45) is 0 Å². The fraction of sp³-hybridized carbons (Fsp3) is 0.300. The van der Waals surface area contributed by atoms with Crippen molar-refractivity contribution in [3.8, 4) is 0 Å². The predicted octanol–water partition coefficient (Wildman–Crippen LogP) is 3.04. The first-order valence-corrected chi connectivity index (χ1v) is 8.59. The van der Waals surface area contributed by atoms with Crippen LogP contribution >= 0.6 is 0 Å². The van der Waals surface area contributed by atoms with E-state index >= 15 is 0 Å². The molecule has 0 aliphatic rings. The molecule has 0 atom stereocenters. The van der Waals surface area contributed by atoms with Gasteiger partial charge in [-0.1, -0.05) is 12.1 Å². The highest BCUT2D eigenvalue weighted by atomic mass is 19.1. The largest absolute Gasteiger partial charge is 0.505 e. The Balaban J connectivity index is 2.42.